The molecule has 5 heteroatoms. The Morgan fingerprint density at radius 3 is 2.79 bits per heavy atom. The summed E-state index contributed by atoms with van der Waals surface area (Å²) >= 11 is 0. The molecule has 2 rings (SSSR count). The van der Waals surface area contributed by atoms with Crippen LogP contribution in [0.3, 0.4) is 0 Å². The Kier molecular flexibility index (Phi) is 3.85. The normalized spacial score (nSPS) is 10.3. The number of ether oxygens (including phenoxy) is 1. The molecule has 0 aliphatic carbocycles. The van der Waals surface area contributed by atoms with Crippen molar-refractivity contribution in [2.75, 3.05) is 19.1 Å². The summed E-state index contributed by atoms with van der Waals surface area (Å²) in [7, 11) is 3.27. The van der Waals surface area contributed by atoms with Gasteiger partial charge in [0.25, 0.3) is 0 Å². The van der Waals surface area contributed by atoms with Crippen molar-refractivity contribution in [3.8, 4) is 0 Å². The van der Waals surface area contributed by atoms with Crippen LogP contribution in [0, 0.1) is 6.92 Å². The molecule has 0 saturated heterocycles. The van der Waals surface area contributed by atoms with Crippen LogP contribution in [-0.2, 0) is 11.3 Å². The van der Waals surface area contributed by atoms with Crippen molar-refractivity contribution in [1.29, 1.82) is 0 Å². The third kappa shape index (κ3) is 2.76. The van der Waals surface area contributed by atoms with Gasteiger partial charge in [-0.2, -0.15) is 0 Å². The molecule has 19 heavy (non-hydrogen) atoms. The third-order valence-electron chi connectivity index (χ3n) is 2.95. The van der Waals surface area contributed by atoms with Crippen LogP contribution < -0.4 is 4.90 Å². The Hall–Kier alpha value is -2.30. The largest absolute Gasteiger partial charge is 0.465 e. The second-order valence-corrected chi connectivity index (χ2v) is 4.22. The van der Waals surface area contributed by atoms with E-state index in [2.05, 4.69) is 4.98 Å². The predicted molar refractivity (Wildman–Crippen MR) is 71.1 cm³/mol. The molecule has 1 aromatic heterocycles. The van der Waals surface area contributed by atoms with E-state index in [0.29, 0.717) is 12.1 Å². The van der Waals surface area contributed by atoms with Gasteiger partial charge < -0.3 is 14.1 Å². The maximum atomic E-state index is 11.7. The zero-order valence-electron chi connectivity index (χ0n) is 11.2. The van der Waals surface area contributed by atoms with Crippen LogP contribution in [0.15, 0.2) is 35.1 Å². The van der Waals surface area contributed by atoms with E-state index in [4.69, 9.17) is 9.15 Å². The van der Waals surface area contributed by atoms with Gasteiger partial charge in [0.1, 0.15) is 11.5 Å². The lowest BCUT2D eigenvalue weighted by atomic mass is 10.1. The maximum absolute atomic E-state index is 11.7. The number of carbonyl (C=O) groups is 1. The molecule has 0 aliphatic rings. The van der Waals surface area contributed by atoms with E-state index in [1.165, 1.54) is 13.5 Å². The minimum atomic E-state index is -0.348. The molecule has 0 amide bonds. The van der Waals surface area contributed by atoms with Gasteiger partial charge in [0.2, 0.25) is 0 Å². The van der Waals surface area contributed by atoms with Gasteiger partial charge in [-0.1, -0.05) is 12.1 Å². The first-order chi connectivity index (χ1) is 9.13. The Balaban J connectivity index is 2.26. The number of aryl methyl sites for hydroxylation is 1. The summed E-state index contributed by atoms with van der Waals surface area (Å²) < 4.78 is 9.96. The zero-order chi connectivity index (χ0) is 13.8. The van der Waals surface area contributed by atoms with E-state index in [1.54, 1.807) is 6.07 Å². The van der Waals surface area contributed by atoms with Crippen molar-refractivity contribution in [2.24, 2.45) is 0 Å². The van der Waals surface area contributed by atoms with E-state index < -0.39 is 0 Å². The summed E-state index contributed by atoms with van der Waals surface area (Å²) in [5.74, 6) is 0.432. The number of para-hydroxylation sites is 1. The van der Waals surface area contributed by atoms with Crippen molar-refractivity contribution >= 4 is 11.7 Å². The highest BCUT2D eigenvalue weighted by molar-refractivity contribution is 5.95. The summed E-state index contributed by atoms with van der Waals surface area (Å²) in [4.78, 5) is 17.8. The van der Waals surface area contributed by atoms with Gasteiger partial charge in [0, 0.05) is 7.05 Å². The zero-order valence-corrected chi connectivity index (χ0v) is 11.2. The molecule has 0 N–H and O–H groups in total. The van der Waals surface area contributed by atoms with Gasteiger partial charge in [-0.3, -0.25) is 0 Å². The Bertz CT molecular complexity index is 578. The highest BCUT2D eigenvalue weighted by Crippen LogP contribution is 2.22. The number of esters is 1. The smallest absolute Gasteiger partial charge is 0.339 e. The highest BCUT2D eigenvalue weighted by Gasteiger charge is 2.15. The molecule has 0 atom stereocenters. The molecule has 100 valence electrons. The van der Waals surface area contributed by atoms with Gasteiger partial charge in [-0.25, -0.2) is 9.78 Å². The van der Waals surface area contributed by atoms with E-state index in [9.17, 15) is 4.79 Å². The van der Waals surface area contributed by atoms with Gasteiger partial charge in [0.15, 0.2) is 6.39 Å². The summed E-state index contributed by atoms with van der Waals surface area (Å²) in [6.45, 7) is 2.43. The fourth-order valence-corrected chi connectivity index (χ4v) is 1.88. The second-order valence-electron chi connectivity index (χ2n) is 4.22. The van der Waals surface area contributed by atoms with E-state index in [-0.39, 0.29) is 5.97 Å². The van der Waals surface area contributed by atoms with Gasteiger partial charge in [-0.15, -0.1) is 0 Å². The molecule has 0 bridgehead atoms. The first-order valence-corrected chi connectivity index (χ1v) is 5.91. The van der Waals surface area contributed by atoms with Crippen LogP contribution in [0.2, 0.25) is 0 Å². The van der Waals surface area contributed by atoms with Gasteiger partial charge >= 0.3 is 5.97 Å². The molecular formula is C14H16N2O3. The molecule has 0 unspecified atom stereocenters. The number of hydrogen-bond acceptors (Lipinski definition) is 5. The molecule has 2 aromatic rings. The minimum absolute atomic E-state index is 0.348. The van der Waals surface area contributed by atoms with Crippen LogP contribution in [0.4, 0.5) is 5.69 Å². The second kappa shape index (κ2) is 5.56. The van der Waals surface area contributed by atoms with Crippen LogP contribution in [0.1, 0.15) is 21.8 Å². The van der Waals surface area contributed by atoms with E-state index in [0.717, 1.165) is 17.1 Å². The molecule has 1 heterocycles. The number of methoxy groups -OCH3 is 1. The predicted octanol–water partition coefficient (Wildman–Crippen LogP) is 2.41. The summed E-state index contributed by atoms with van der Waals surface area (Å²) in [5.41, 5.74) is 2.19. The lowest BCUT2D eigenvalue weighted by molar-refractivity contribution is 0.0601. The lowest BCUT2D eigenvalue weighted by Gasteiger charge is -2.20. The van der Waals surface area contributed by atoms with Gasteiger partial charge in [0.05, 0.1) is 24.9 Å². The maximum Gasteiger partial charge on any atom is 0.339 e. The molecule has 1 aromatic carbocycles. The summed E-state index contributed by atoms with van der Waals surface area (Å²) in [5, 5.41) is 0. The molecule has 0 saturated carbocycles. The average molecular weight is 260 g/mol. The SMILES string of the molecule is COC(=O)c1ccccc1N(C)Cc1ncoc1C. The number of nitrogens with zero attached hydrogens (tertiary/aromatic N) is 2. The number of rotatable bonds is 4. The fraction of sp³-hybridized carbons (Fsp3) is 0.286. The van der Waals surface area contributed by atoms with Crippen LogP contribution in [0.25, 0.3) is 0 Å². The number of anilines is 1. The van der Waals surface area contributed by atoms with Crippen molar-refractivity contribution in [2.45, 2.75) is 13.5 Å². The van der Waals surface area contributed by atoms with Crippen LogP contribution in [0.5, 0.6) is 0 Å². The summed E-state index contributed by atoms with van der Waals surface area (Å²) in [6, 6.07) is 7.31. The quantitative estimate of drug-likeness (QED) is 0.790. The molecule has 0 aliphatic heterocycles. The fourth-order valence-electron chi connectivity index (χ4n) is 1.88. The first kappa shape index (κ1) is 13.1. The standard InChI is InChI=1S/C14H16N2O3/c1-10-12(15-9-19-10)8-16(2)13-7-5-4-6-11(13)14(17)18-3/h4-7,9H,8H2,1-3H3. The number of carbonyl (C=O) groups excluding carboxylic acids is 1. The van der Waals surface area contributed by atoms with Crippen molar-refractivity contribution in [3.05, 3.63) is 47.7 Å². The molecule has 0 radical (unpaired) electrons. The molecule has 0 fully saturated rings. The van der Waals surface area contributed by atoms with Crippen molar-refractivity contribution < 1.29 is 13.9 Å². The number of aromatic nitrogens is 1. The molecular weight excluding hydrogens is 244 g/mol. The number of hydrogen-bond donors (Lipinski definition) is 0. The minimum Gasteiger partial charge on any atom is -0.465 e. The number of benzene rings is 1. The van der Waals surface area contributed by atoms with Gasteiger partial charge in [-0.05, 0) is 19.1 Å². The average Bonchev–Trinajstić information content (AvgIpc) is 2.83. The Morgan fingerprint density at radius 2 is 2.16 bits per heavy atom. The molecule has 0 spiro atoms. The van der Waals surface area contributed by atoms with Crippen molar-refractivity contribution in [1.82, 2.24) is 4.98 Å². The first-order valence-electron chi connectivity index (χ1n) is 5.91. The van der Waals surface area contributed by atoms with Crippen LogP contribution in [-0.4, -0.2) is 25.1 Å². The molecule has 5 nitrogen and oxygen atoms in total. The topological polar surface area (TPSA) is 55.6 Å². The summed E-state index contributed by atoms with van der Waals surface area (Å²) in [6.07, 6.45) is 1.42. The Labute approximate surface area is 111 Å². The lowest BCUT2D eigenvalue weighted by Crippen LogP contribution is -2.20. The van der Waals surface area contributed by atoms with E-state index in [1.807, 2.05) is 37.1 Å². The highest BCUT2D eigenvalue weighted by atomic mass is 16.5. The van der Waals surface area contributed by atoms with Crippen molar-refractivity contribution in [3.63, 3.8) is 0 Å². The van der Waals surface area contributed by atoms with E-state index >= 15 is 0 Å². The Morgan fingerprint density at radius 1 is 1.42 bits per heavy atom. The third-order valence-corrected chi connectivity index (χ3v) is 2.95. The monoisotopic (exact) mass is 260 g/mol. The number of oxazole rings is 1. The van der Waals surface area contributed by atoms with Crippen LogP contribution >= 0.6 is 0 Å².